The zero-order chi connectivity index (χ0) is 15.4. The zero-order valence-corrected chi connectivity index (χ0v) is 12.1. The van der Waals surface area contributed by atoms with E-state index < -0.39 is 0 Å². The van der Waals surface area contributed by atoms with Gasteiger partial charge in [-0.25, -0.2) is 4.98 Å². The fourth-order valence-electron chi connectivity index (χ4n) is 2.09. The molecule has 0 saturated carbocycles. The minimum Gasteiger partial charge on any atom is -0.494 e. The summed E-state index contributed by atoms with van der Waals surface area (Å²) in [6, 6.07) is 12.8. The maximum atomic E-state index is 5.88. The average Bonchev–Trinajstić information content (AvgIpc) is 2.57. The van der Waals surface area contributed by atoms with Crippen LogP contribution in [0.15, 0.2) is 61.1 Å². The summed E-state index contributed by atoms with van der Waals surface area (Å²) >= 11 is 0. The molecule has 110 valence electrons. The molecule has 22 heavy (non-hydrogen) atoms. The van der Waals surface area contributed by atoms with Crippen LogP contribution in [0, 0.1) is 0 Å². The number of hydrogen-bond acceptors (Lipinski definition) is 5. The van der Waals surface area contributed by atoms with Crippen LogP contribution in [-0.4, -0.2) is 17.1 Å². The monoisotopic (exact) mass is 293 g/mol. The summed E-state index contributed by atoms with van der Waals surface area (Å²) in [6.45, 7) is 0. The highest BCUT2D eigenvalue weighted by molar-refractivity contribution is 5.74. The first-order valence-corrected chi connectivity index (χ1v) is 6.74. The van der Waals surface area contributed by atoms with Gasteiger partial charge in [-0.05, 0) is 42.5 Å². The molecule has 0 fully saturated rings. The molecule has 3 aromatic rings. The Hall–Kier alpha value is -3.08. The molecule has 2 N–H and O–H groups in total. The van der Waals surface area contributed by atoms with Crippen molar-refractivity contribution in [2.45, 2.75) is 0 Å². The van der Waals surface area contributed by atoms with Crippen LogP contribution in [-0.2, 0) is 0 Å². The predicted octanol–water partition coefficient (Wildman–Crippen LogP) is 3.53. The second-order valence-electron chi connectivity index (χ2n) is 4.60. The van der Waals surface area contributed by atoms with Crippen LogP contribution in [0.5, 0.6) is 17.4 Å². The van der Waals surface area contributed by atoms with Crippen LogP contribution >= 0.6 is 0 Å². The van der Waals surface area contributed by atoms with Gasteiger partial charge in [0.1, 0.15) is 11.5 Å². The van der Waals surface area contributed by atoms with Crippen molar-refractivity contribution in [2.24, 2.45) is 0 Å². The van der Waals surface area contributed by atoms with Gasteiger partial charge in [0, 0.05) is 29.2 Å². The van der Waals surface area contributed by atoms with Crippen molar-refractivity contribution in [2.75, 3.05) is 12.8 Å². The maximum Gasteiger partial charge on any atom is 0.227 e. The first-order chi connectivity index (χ1) is 10.8. The smallest absolute Gasteiger partial charge is 0.227 e. The van der Waals surface area contributed by atoms with Gasteiger partial charge in [0.05, 0.1) is 13.3 Å². The summed E-state index contributed by atoms with van der Waals surface area (Å²) in [5.74, 6) is 1.83. The van der Waals surface area contributed by atoms with Gasteiger partial charge in [-0.15, -0.1) is 0 Å². The van der Waals surface area contributed by atoms with Gasteiger partial charge in [-0.2, -0.15) is 0 Å². The molecular weight excluding hydrogens is 278 g/mol. The van der Waals surface area contributed by atoms with E-state index in [0.717, 1.165) is 11.1 Å². The Kier molecular flexibility index (Phi) is 3.87. The number of nitrogens with zero attached hydrogens (tertiary/aromatic N) is 2. The molecule has 0 saturated heterocycles. The first-order valence-electron chi connectivity index (χ1n) is 6.74. The van der Waals surface area contributed by atoms with E-state index in [-0.39, 0.29) is 0 Å². The van der Waals surface area contributed by atoms with Gasteiger partial charge >= 0.3 is 0 Å². The van der Waals surface area contributed by atoms with Gasteiger partial charge in [0.2, 0.25) is 5.88 Å². The first kappa shape index (κ1) is 13.9. The molecule has 0 amide bonds. The predicted molar refractivity (Wildman–Crippen MR) is 84.9 cm³/mol. The third kappa shape index (κ3) is 2.83. The second kappa shape index (κ2) is 6.13. The van der Waals surface area contributed by atoms with Crippen LogP contribution in [0.25, 0.3) is 11.1 Å². The summed E-state index contributed by atoms with van der Waals surface area (Å²) in [6.07, 6.45) is 5.05. The lowest BCUT2D eigenvalue weighted by atomic mass is 10.1. The molecule has 5 nitrogen and oxygen atoms in total. The summed E-state index contributed by atoms with van der Waals surface area (Å²) in [4.78, 5) is 8.38. The molecule has 0 radical (unpaired) electrons. The summed E-state index contributed by atoms with van der Waals surface area (Å²) < 4.78 is 11.2. The highest BCUT2D eigenvalue weighted by Gasteiger charge is 2.12. The summed E-state index contributed by atoms with van der Waals surface area (Å²) in [7, 11) is 1.61. The maximum absolute atomic E-state index is 5.88. The molecule has 2 heterocycles. The van der Waals surface area contributed by atoms with Crippen molar-refractivity contribution >= 4 is 5.69 Å². The van der Waals surface area contributed by atoms with E-state index in [1.165, 1.54) is 0 Å². The summed E-state index contributed by atoms with van der Waals surface area (Å²) in [5.41, 5.74) is 8.07. The Bertz CT molecular complexity index is 773. The normalized spacial score (nSPS) is 10.2. The van der Waals surface area contributed by atoms with Crippen LogP contribution in [0.1, 0.15) is 0 Å². The number of nitrogen functional groups attached to an aromatic ring is 1. The van der Waals surface area contributed by atoms with Crippen LogP contribution in [0.2, 0.25) is 0 Å². The number of anilines is 1. The van der Waals surface area contributed by atoms with E-state index in [1.807, 2.05) is 18.2 Å². The van der Waals surface area contributed by atoms with Crippen molar-refractivity contribution in [3.63, 3.8) is 0 Å². The van der Waals surface area contributed by atoms with Crippen LogP contribution in [0.3, 0.4) is 0 Å². The zero-order valence-electron chi connectivity index (χ0n) is 12.1. The van der Waals surface area contributed by atoms with E-state index in [9.17, 15) is 0 Å². The standard InChI is InChI=1S/C17H15N3O2/c1-21-16-11-19-10-8-14(16)15-3-2-9-20-17(15)22-13-6-4-12(18)5-7-13/h2-11H,18H2,1H3. The van der Waals surface area contributed by atoms with E-state index in [1.54, 1.807) is 50.0 Å². The van der Waals surface area contributed by atoms with Gasteiger partial charge in [-0.3, -0.25) is 4.98 Å². The molecular formula is C17H15N3O2. The summed E-state index contributed by atoms with van der Waals surface area (Å²) in [5, 5.41) is 0. The number of nitrogens with two attached hydrogens (primary N) is 1. The second-order valence-corrected chi connectivity index (χ2v) is 4.60. The third-order valence-electron chi connectivity index (χ3n) is 3.16. The number of ether oxygens (including phenoxy) is 2. The highest BCUT2D eigenvalue weighted by atomic mass is 16.5. The van der Waals surface area contributed by atoms with Crippen LogP contribution in [0.4, 0.5) is 5.69 Å². The van der Waals surface area contributed by atoms with Gasteiger partial charge in [0.25, 0.3) is 0 Å². The minimum atomic E-state index is 0.497. The molecule has 5 heteroatoms. The molecule has 0 unspecified atom stereocenters. The topological polar surface area (TPSA) is 70.3 Å². The Morgan fingerprint density at radius 1 is 0.955 bits per heavy atom. The highest BCUT2D eigenvalue weighted by Crippen LogP contribution is 2.36. The lowest BCUT2D eigenvalue weighted by molar-refractivity contribution is 0.413. The molecule has 0 spiro atoms. The van der Waals surface area contributed by atoms with E-state index in [2.05, 4.69) is 9.97 Å². The Labute approximate surface area is 128 Å². The Balaban J connectivity index is 2.01. The van der Waals surface area contributed by atoms with Crippen molar-refractivity contribution in [3.05, 3.63) is 61.1 Å². The molecule has 3 rings (SSSR count). The fourth-order valence-corrected chi connectivity index (χ4v) is 2.09. The van der Waals surface area contributed by atoms with Crippen molar-refractivity contribution in [1.82, 2.24) is 9.97 Å². The molecule has 0 aliphatic carbocycles. The Morgan fingerprint density at radius 3 is 2.55 bits per heavy atom. The van der Waals surface area contributed by atoms with Gasteiger partial charge in [-0.1, -0.05) is 0 Å². The Morgan fingerprint density at radius 2 is 1.77 bits per heavy atom. The van der Waals surface area contributed by atoms with E-state index in [0.29, 0.717) is 23.1 Å². The number of benzene rings is 1. The number of methoxy groups -OCH3 is 1. The number of hydrogen-bond donors (Lipinski definition) is 1. The number of pyridine rings is 2. The number of aromatic nitrogens is 2. The van der Waals surface area contributed by atoms with Crippen molar-refractivity contribution in [1.29, 1.82) is 0 Å². The van der Waals surface area contributed by atoms with E-state index >= 15 is 0 Å². The molecule has 1 aromatic carbocycles. The molecule has 2 aromatic heterocycles. The molecule has 0 bridgehead atoms. The quantitative estimate of drug-likeness (QED) is 0.745. The van der Waals surface area contributed by atoms with E-state index in [4.69, 9.17) is 15.2 Å². The minimum absolute atomic E-state index is 0.497. The largest absolute Gasteiger partial charge is 0.494 e. The van der Waals surface area contributed by atoms with Gasteiger partial charge in [0.15, 0.2) is 0 Å². The molecule has 0 aliphatic rings. The SMILES string of the molecule is COc1cnccc1-c1cccnc1Oc1ccc(N)cc1. The number of rotatable bonds is 4. The fraction of sp³-hybridized carbons (Fsp3) is 0.0588. The van der Waals surface area contributed by atoms with Crippen molar-refractivity contribution in [3.8, 4) is 28.5 Å². The van der Waals surface area contributed by atoms with Crippen LogP contribution < -0.4 is 15.2 Å². The van der Waals surface area contributed by atoms with Gasteiger partial charge < -0.3 is 15.2 Å². The molecule has 0 aliphatic heterocycles. The lowest BCUT2D eigenvalue weighted by Gasteiger charge is -2.12. The lowest BCUT2D eigenvalue weighted by Crippen LogP contribution is -1.94. The van der Waals surface area contributed by atoms with Crippen molar-refractivity contribution < 1.29 is 9.47 Å². The molecule has 0 atom stereocenters. The average molecular weight is 293 g/mol. The third-order valence-corrected chi connectivity index (χ3v) is 3.16.